The van der Waals surface area contributed by atoms with E-state index in [1.807, 2.05) is 0 Å². The molecule has 1 saturated heterocycles. The van der Waals surface area contributed by atoms with E-state index in [4.69, 9.17) is 5.73 Å². The lowest BCUT2D eigenvalue weighted by molar-refractivity contribution is 0.234. The average Bonchev–Trinajstić information content (AvgIpc) is 2.54. The van der Waals surface area contributed by atoms with E-state index >= 15 is 0 Å². The Morgan fingerprint density at radius 3 is 2.53 bits per heavy atom. The Morgan fingerprint density at radius 1 is 1.27 bits per heavy atom. The molecule has 0 amide bonds. The maximum Gasteiger partial charge on any atom is 0.0206 e. The second-order valence-electron chi connectivity index (χ2n) is 5.29. The van der Waals surface area contributed by atoms with Crippen LogP contribution >= 0.6 is 0 Å². The standard InChI is InChI=1S/C13H28N2/c1-4-5-6-7-8-12(3)15-9-11(2)13(14)10-15/h11-13H,4-10,14H2,1-3H3. The predicted octanol–water partition coefficient (Wildman–Crippen LogP) is 2.62. The SMILES string of the molecule is CCCCCCC(C)N1CC(C)C(N)C1. The zero-order valence-corrected chi connectivity index (χ0v) is 10.7. The third-order valence-electron chi connectivity index (χ3n) is 3.80. The highest BCUT2D eigenvalue weighted by molar-refractivity contribution is 4.86. The van der Waals surface area contributed by atoms with Crippen molar-refractivity contribution in [1.82, 2.24) is 4.90 Å². The van der Waals surface area contributed by atoms with Gasteiger partial charge in [0.25, 0.3) is 0 Å². The predicted molar refractivity (Wildman–Crippen MR) is 66.9 cm³/mol. The quantitative estimate of drug-likeness (QED) is 0.686. The van der Waals surface area contributed by atoms with Gasteiger partial charge in [0.2, 0.25) is 0 Å². The minimum atomic E-state index is 0.406. The van der Waals surface area contributed by atoms with E-state index in [-0.39, 0.29) is 0 Å². The number of hydrogen-bond donors (Lipinski definition) is 1. The summed E-state index contributed by atoms with van der Waals surface area (Å²) in [5.74, 6) is 0.683. The topological polar surface area (TPSA) is 29.3 Å². The van der Waals surface area contributed by atoms with Gasteiger partial charge in [0, 0.05) is 25.2 Å². The molecule has 0 aromatic rings. The second-order valence-corrected chi connectivity index (χ2v) is 5.29. The molecule has 0 aliphatic carbocycles. The number of nitrogens with two attached hydrogens (primary N) is 1. The third kappa shape index (κ3) is 4.12. The molecule has 0 bridgehead atoms. The molecule has 2 nitrogen and oxygen atoms in total. The molecule has 1 rings (SSSR count). The van der Waals surface area contributed by atoms with E-state index < -0.39 is 0 Å². The van der Waals surface area contributed by atoms with Crippen molar-refractivity contribution in [3.8, 4) is 0 Å². The summed E-state index contributed by atoms with van der Waals surface area (Å²) in [7, 11) is 0. The summed E-state index contributed by atoms with van der Waals surface area (Å²) in [5, 5.41) is 0. The lowest BCUT2D eigenvalue weighted by atomic mass is 10.1. The van der Waals surface area contributed by atoms with Crippen LogP contribution in [0.2, 0.25) is 0 Å². The zero-order chi connectivity index (χ0) is 11.3. The molecule has 1 heterocycles. The summed E-state index contributed by atoms with van der Waals surface area (Å²) < 4.78 is 0. The van der Waals surface area contributed by atoms with Crippen LogP contribution in [0.25, 0.3) is 0 Å². The molecule has 90 valence electrons. The molecule has 3 unspecified atom stereocenters. The number of nitrogens with zero attached hydrogens (tertiary/aromatic N) is 1. The first kappa shape index (κ1) is 13.0. The molecule has 0 saturated carbocycles. The molecule has 1 aliphatic rings. The molecule has 2 N–H and O–H groups in total. The summed E-state index contributed by atoms with van der Waals surface area (Å²) in [6.07, 6.45) is 6.85. The van der Waals surface area contributed by atoms with Crippen molar-refractivity contribution in [2.75, 3.05) is 13.1 Å². The first-order chi connectivity index (χ1) is 7.15. The van der Waals surface area contributed by atoms with Gasteiger partial charge in [-0.1, -0.05) is 39.5 Å². The Balaban J connectivity index is 2.14. The Morgan fingerprint density at radius 2 is 2.00 bits per heavy atom. The van der Waals surface area contributed by atoms with E-state index in [2.05, 4.69) is 25.7 Å². The van der Waals surface area contributed by atoms with Gasteiger partial charge in [-0.25, -0.2) is 0 Å². The average molecular weight is 212 g/mol. The normalized spacial score (nSPS) is 29.6. The van der Waals surface area contributed by atoms with Crippen molar-refractivity contribution in [3.05, 3.63) is 0 Å². The summed E-state index contributed by atoms with van der Waals surface area (Å²) in [6, 6.07) is 1.14. The highest BCUT2D eigenvalue weighted by Gasteiger charge is 2.28. The molecule has 0 aromatic heterocycles. The molecule has 3 atom stereocenters. The fraction of sp³-hybridized carbons (Fsp3) is 1.00. The van der Waals surface area contributed by atoms with Gasteiger partial charge < -0.3 is 5.73 Å². The van der Waals surface area contributed by atoms with Crippen molar-refractivity contribution in [2.45, 2.75) is 65.0 Å². The minimum Gasteiger partial charge on any atom is -0.326 e. The maximum atomic E-state index is 6.04. The zero-order valence-electron chi connectivity index (χ0n) is 10.7. The van der Waals surface area contributed by atoms with Crippen LogP contribution in [0.1, 0.15) is 52.9 Å². The van der Waals surface area contributed by atoms with Crippen LogP contribution in [0, 0.1) is 5.92 Å². The van der Waals surface area contributed by atoms with Gasteiger partial charge in [-0.3, -0.25) is 4.90 Å². The highest BCUT2D eigenvalue weighted by atomic mass is 15.2. The van der Waals surface area contributed by atoms with Gasteiger partial charge in [-0.2, -0.15) is 0 Å². The van der Waals surface area contributed by atoms with Gasteiger partial charge in [0.15, 0.2) is 0 Å². The smallest absolute Gasteiger partial charge is 0.0206 e. The molecule has 0 aromatic carbocycles. The van der Waals surface area contributed by atoms with Crippen LogP contribution < -0.4 is 5.73 Å². The van der Waals surface area contributed by atoms with Crippen LogP contribution in [0.3, 0.4) is 0 Å². The fourth-order valence-electron chi connectivity index (χ4n) is 2.44. The summed E-state index contributed by atoms with van der Waals surface area (Å²) >= 11 is 0. The Bertz CT molecular complexity index is 160. The van der Waals surface area contributed by atoms with Gasteiger partial charge in [-0.05, 0) is 19.3 Å². The van der Waals surface area contributed by atoms with Crippen LogP contribution in [0.5, 0.6) is 0 Å². The Kier molecular flexibility index (Phi) is 5.62. The monoisotopic (exact) mass is 212 g/mol. The lowest BCUT2D eigenvalue weighted by Gasteiger charge is -2.24. The first-order valence-electron chi connectivity index (χ1n) is 6.64. The van der Waals surface area contributed by atoms with E-state index in [0.29, 0.717) is 12.0 Å². The molecule has 1 fully saturated rings. The molecule has 2 heteroatoms. The largest absolute Gasteiger partial charge is 0.326 e. The molecule has 0 radical (unpaired) electrons. The Labute approximate surface area is 95.2 Å². The summed E-state index contributed by atoms with van der Waals surface area (Å²) in [5.41, 5.74) is 6.04. The number of hydrogen-bond acceptors (Lipinski definition) is 2. The van der Waals surface area contributed by atoms with E-state index in [0.717, 1.165) is 12.6 Å². The van der Waals surface area contributed by atoms with Crippen LogP contribution in [-0.4, -0.2) is 30.1 Å². The molecule has 0 spiro atoms. The molecular formula is C13H28N2. The number of unbranched alkanes of at least 4 members (excludes halogenated alkanes) is 3. The second kappa shape index (κ2) is 6.49. The van der Waals surface area contributed by atoms with Gasteiger partial charge in [0.1, 0.15) is 0 Å². The summed E-state index contributed by atoms with van der Waals surface area (Å²) in [4.78, 5) is 2.57. The van der Waals surface area contributed by atoms with Crippen molar-refractivity contribution >= 4 is 0 Å². The lowest BCUT2D eigenvalue weighted by Crippen LogP contribution is -2.33. The van der Waals surface area contributed by atoms with Gasteiger partial charge in [-0.15, -0.1) is 0 Å². The van der Waals surface area contributed by atoms with E-state index in [1.165, 1.54) is 38.6 Å². The van der Waals surface area contributed by atoms with Gasteiger partial charge >= 0.3 is 0 Å². The van der Waals surface area contributed by atoms with Crippen LogP contribution in [-0.2, 0) is 0 Å². The maximum absolute atomic E-state index is 6.04. The fourth-order valence-corrected chi connectivity index (χ4v) is 2.44. The third-order valence-corrected chi connectivity index (χ3v) is 3.80. The molecular weight excluding hydrogens is 184 g/mol. The van der Waals surface area contributed by atoms with Crippen molar-refractivity contribution in [2.24, 2.45) is 11.7 Å². The number of rotatable bonds is 6. The minimum absolute atomic E-state index is 0.406. The van der Waals surface area contributed by atoms with E-state index in [9.17, 15) is 0 Å². The van der Waals surface area contributed by atoms with Crippen LogP contribution in [0.4, 0.5) is 0 Å². The first-order valence-corrected chi connectivity index (χ1v) is 6.64. The molecule has 15 heavy (non-hydrogen) atoms. The van der Waals surface area contributed by atoms with Crippen molar-refractivity contribution < 1.29 is 0 Å². The van der Waals surface area contributed by atoms with Crippen molar-refractivity contribution in [3.63, 3.8) is 0 Å². The van der Waals surface area contributed by atoms with Crippen LogP contribution in [0.15, 0.2) is 0 Å². The highest BCUT2D eigenvalue weighted by Crippen LogP contribution is 2.20. The van der Waals surface area contributed by atoms with Gasteiger partial charge in [0.05, 0.1) is 0 Å². The van der Waals surface area contributed by atoms with E-state index in [1.54, 1.807) is 0 Å². The Hall–Kier alpha value is -0.0800. The molecule has 1 aliphatic heterocycles. The summed E-state index contributed by atoms with van der Waals surface area (Å²) in [6.45, 7) is 9.21. The van der Waals surface area contributed by atoms with Crippen molar-refractivity contribution in [1.29, 1.82) is 0 Å². The number of likely N-dealkylation sites (tertiary alicyclic amines) is 1.